The molecule has 1 N–H and O–H groups in total. The molecule has 4 heteroatoms. The maximum absolute atomic E-state index is 11.6. The van der Waals surface area contributed by atoms with Crippen LogP contribution in [0.4, 0.5) is 0 Å². The molecule has 0 aromatic carbocycles. The summed E-state index contributed by atoms with van der Waals surface area (Å²) in [5.74, 6) is 0.898. The van der Waals surface area contributed by atoms with E-state index in [1.165, 1.54) is 12.8 Å². The van der Waals surface area contributed by atoms with E-state index >= 15 is 0 Å². The molecule has 14 heavy (non-hydrogen) atoms. The molecule has 78 valence electrons. The standard InChI is InChI=1S/C10H16N2OS/c1-14-7-8-6-10(13)12(11-8)9-4-2-3-5-9/h6,9,11H,2-5,7H2,1H3. The molecule has 0 amide bonds. The van der Waals surface area contributed by atoms with Crippen molar-refractivity contribution < 1.29 is 0 Å². The van der Waals surface area contributed by atoms with Crippen LogP contribution in [-0.4, -0.2) is 16.0 Å². The van der Waals surface area contributed by atoms with Crippen molar-refractivity contribution in [3.8, 4) is 0 Å². The Balaban J connectivity index is 2.20. The zero-order valence-electron chi connectivity index (χ0n) is 8.45. The molecule has 0 spiro atoms. The molecule has 0 bridgehead atoms. The van der Waals surface area contributed by atoms with Crippen LogP contribution in [0.1, 0.15) is 37.4 Å². The minimum atomic E-state index is 0.140. The Morgan fingerprint density at radius 1 is 1.57 bits per heavy atom. The van der Waals surface area contributed by atoms with Gasteiger partial charge in [0.1, 0.15) is 0 Å². The first-order valence-electron chi connectivity index (χ1n) is 5.10. The van der Waals surface area contributed by atoms with Crippen LogP contribution in [0.5, 0.6) is 0 Å². The fourth-order valence-electron chi connectivity index (χ4n) is 2.12. The maximum Gasteiger partial charge on any atom is 0.266 e. The number of hydrogen-bond acceptors (Lipinski definition) is 2. The molecule has 0 unspecified atom stereocenters. The predicted octanol–water partition coefficient (Wildman–Crippen LogP) is 2.15. The lowest BCUT2D eigenvalue weighted by molar-refractivity contribution is 0.452. The fourth-order valence-corrected chi connectivity index (χ4v) is 2.58. The first-order valence-corrected chi connectivity index (χ1v) is 6.50. The van der Waals surface area contributed by atoms with E-state index in [0.717, 1.165) is 24.3 Å². The number of aromatic amines is 1. The van der Waals surface area contributed by atoms with Gasteiger partial charge in [-0.15, -0.1) is 0 Å². The highest BCUT2D eigenvalue weighted by atomic mass is 32.2. The third-order valence-electron chi connectivity index (χ3n) is 2.79. The lowest BCUT2D eigenvalue weighted by Crippen LogP contribution is -2.19. The summed E-state index contributed by atoms with van der Waals surface area (Å²) >= 11 is 1.74. The Bertz CT molecular complexity index is 349. The lowest BCUT2D eigenvalue weighted by atomic mass is 10.3. The fraction of sp³-hybridized carbons (Fsp3) is 0.700. The summed E-state index contributed by atoms with van der Waals surface area (Å²) in [6.07, 6.45) is 6.87. The van der Waals surface area contributed by atoms with E-state index in [-0.39, 0.29) is 5.56 Å². The molecule has 3 nitrogen and oxygen atoms in total. The second-order valence-corrected chi connectivity index (χ2v) is 4.73. The quantitative estimate of drug-likeness (QED) is 0.833. The van der Waals surface area contributed by atoms with Gasteiger partial charge in [-0.05, 0) is 19.1 Å². The summed E-state index contributed by atoms with van der Waals surface area (Å²) in [5.41, 5.74) is 1.19. The van der Waals surface area contributed by atoms with Gasteiger partial charge in [-0.1, -0.05) is 12.8 Å². The molecule has 1 aromatic rings. The molecule has 1 aromatic heterocycles. The predicted molar refractivity (Wildman–Crippen MR) is 59.8 cm³/mol. The highest BCUT2D eigenvalue weighted by Crippen LogP contribution is 2.27. The molecular formula is C10H16N2OS. The number of H-pyrrole nitrogens is 1. The number of rotatable bonds is 3. The van der Waals surface area contributed by atoms with E-state index < -0.39 is 0 Å². The van der Waals surface area contributed by atoms with Crippen molar-refractivity contribution in [2.75, 3.05) is 6.26 Å². The van der Waals surface area contributed by atoms with E-state index in [2.05, 4.69) is 5.10 Å². The maximum atomic E-state index is 11.6. The van der Waals surface area contributed by atoms with Gasteiger partial charge in [0.2, 0.25) is 0 Å². The van der Waals surface area contributed by atoms with E-state index in [1.807, 2.05) is 10.9 Å². The van der Waals surface area contributed by atoms with Crippen molar-refractivity contribution in [2.45, 2.75) is 37.5 Å². The Morgan fingerprint density at radius 3 is 2.93 bits per heavy atom. The molecule has 2 rings (SSSR count). The molecular weight excluding hydrogens is 196 g/mol. The Hall–Kier alpha value is -0.640. The molecule has 1 aliphatic carbocycles. The molecule has 0 saturated heterocycles. The van der Waals surface area contributed by atoms with Gasteiger partial charge in [0, 0.05) is 17.5 Å². The van der Waals surface area contributed by atoms with Crippen LogP contribution >= 0.6 is 11.8 Å². The van der Waals surface area contributed by atoms with Gasteiger partial charge in [-0.2, -0.15) is 11.8 Å². The number of hydrogen-bond donors (Lipinski definition) is 1. The second kappa shape index (κ2) is 4.26. The van der Waals surface area contributed by atoms with E-state index in [0.29, 0.717) is 6.04 Å². The Morgan fingerprint density at radius 2 is 2.29 bits per heavy atom. The minimum Gasteiger partial charge on any atom is -0.299 e. The number of nitrogens with zero attached hydrogens (tertiary/aromatic N) is 1. The van der Waals surface area contributed by atoms with E-state index in [1.54, 1.807) is 17.8 Å². The van der Waals surface area contributed by atoms with Crippen molar-refractivity contribution in [3.05, 3.63) is 22.1 Å². The molecule has 1 saturated carbocycles. The van der Waals surface area contributed by atoms with Crippen LogP contribution in [0.15, 0.2) is 10.9 Å². The van der Waals surface area contributed by atoms with E-state index in [4.69, 9.17) is 0 Å². The highest BCUT2D eigenvalue weighted by molar-refractivity contribution is 7.97. The van der Waals surface area contributed by atoms with Gasteiger partial charge in [0.15, 0.2) is 0 Å². The topological polar surface area (TPSA) is 37.8 Å². The molecule has 0 atom stereocenters. The van der Waals surface area contributed by atoms with Crippen LogP contribution in [0.25, 0.3) is 0 Å². The monoisotopic (exact) mass is 212 g/mol. The number of aromatic nitrogens is 2. The summed E-state index contributed by atoms with van der Waals surface area (Å²) < 4.78 is 1.82. The van der Waals surface area contributed by atoms with Gasteiger partial charge in [0.05, 0.1) is 6.04 Å². The lowest BCUT2D eigenvalue weighted by Gasteiger charge is -2.09. The van der Waals surface area contributed by atoms with Gasteiger partial charge in [0.25, 0.3) is 5.56 Å². The van der Waals surface area contributed by atoms with Crippen molar-refractivity contribution in [1.29, 1.82) is 0 Å². The van der Waals surface area contributed by atoms with E-state index in [9.17, 15) is 4.79 Å². The molecule has 1 heterocycles. The Labute approximate surface area is 87.9 Å². The van der Waals surface area contributed by atoms with Crippen LogP contribution in [-0.2, 0) is 5.75 Å². The van der Waals surface area contributed by atoms with Crippen molar-refractivity contribution >= 4 is 11.8 Å². The van der Waals surface area contributed by atoms with Gasteiger partial charge < -0.3 is 0 Å². The first-order chi connectivity index (χ1) is 6.81. The summed E-state index contributed by atoms with van der Waals surface area (Å²) in [7, 11) is 0. The average Bonchev–Trinajstić information content (AvgIpc) is 2.74. The molecule has 1 aliphatic rings. The summed E-state index contributed by atoms with van der Waals surface area (Å²) in [5, 5.41) is 3.21. The number of nitrogens with one attached hydrogen (secondary N) is 1. The minimum absolute atomic E-state index is 0.140. The molecule has 1 fully saturated rings. The smallest absolute Gasteiger partial charge is 0.266 e. The van der Waals surface area contributed by atoms with Gasteiger partial charge in [-0.25, -0.2) is 4.68 Å². The van der Waals surface area contributed by atoms with Crippen LogP contribution < -0.4 is 5.56 Å². The molecule has 0 aliphatic heterocycles. The van der Waals surface area contributed by atoms with Gasteiger partial charge >= 0.3 is 0 Å². The second-order valence-electron chi connectivity index (χ2n) is 3.86. The van der Waals surface area contributed by atoms with Crippen LogP contribution in [0, 0.1) is 0 Å². The molecule has 0 radical (unpaired) electrons. The van der Waals surface area contributed by atoms with Crippen molar-refractivity contribution in [3.63, 3.8) is 0 Å². The third kappa shape index (κ3) is 1.90. The summed E-state index contributed by atoms with van der Waals surface area (Å²) in [6.45, 7) is 0. The van der Waals surface area contributed by atoms with Crippen LogP contribution in [0.3, 0.4) is 0 Å². The summed E-state index contributed by atoms with van der Waals surface area (Å²) in [6, 6.07) is 2.16. The average molecular weight is 212 g/mol. The largest absolute Gasteiger partial charge is 0.299 e. The highest BCUT2D eigenvalue weighted by Gasteiger charge is 2.19. The third-order valence-corrected chi connectivity index (χ3v) is 3.39. The van der Waals surface area contributed by atoms with Crippen molar-refractivity contribution in [1.82, 2.24) is 9.78 Å². The normalized spacial score (nSPS) is 17.8. The zero-order chi connectivity index (χ0) is 9.97. The van der Waals surface area contributed by atoms with Crippen molar-refractivity contribution in [2.24, 2.45) is 0 Å². The first kappa shape index (κ1) is 9.90. The van der Waals surface area contributed by atoms with Crippen LogP contribution in [0.2, 0.25) is 0 Å². The van der Waals surface area contributed by atoms with Gasteiger partial charge in [-0.3, -0.25) is 9.89 Å². The SMILES string of the molecule is CSCc1cc(=O)n(C2CCCC2)[nH]1. The number of thioether (sulfide) groups is 1. The Kier molecular flexibility index (Phi) is 3.01. The summed E-state index contributed by atoms with van der Waals surface area (Å²) in [4.78, 5) is 11.6. The zero-order valence-corrected chi connectivity index (χ0v) is 9.27.